The van der Waals surface area contributed by atoms with E-state index in [2.05, 4.69) is 21.3 Å². The lowest BCUT2D eigenvalue weighted by molar-refractivity contribution is 1.30. The summed E-state index contributed by atoms with van der Waals surface area (Å²) in [5, 5.41) is 49.5. The van der Waals surface area contributed by atoms with Gasteiger partial charge in [0, 0.05) is 22.7 Å². The van der Waals surface area contributed by atoms with Crippen molar-refractivity contribution in [1.29, 1.82) is 21.0 Å². The molecule has 0 saturated carbocycles. The third-order valence-corrected chi connectivity index (χ3v) is 4.46. The summed E-state index contributed by atoms with van der Waals surface area (Å²) >= 11 is 0. The van der Waals surface area contributed by atoms with E-state index in [4.69, 9.17) is 0 Å². The molecule has 0 aromatic heterocycles. The molecule has 0 radical (unpaired) electrons. The maximum atomic E-state index is 9.33. The number of para-hydroxylation sites is 2. The fourth-order valence-electron chi connectivity index (χ4n) is 2.84. The van der Waals surface area contributed by atoms with Gasteiger partial charge in [0.15, 0.2) is 11.1 Å². The average molecular weight is 442 g/mol. The van der Waals surface area contributed by atoms with Crippen LogP contribution in [0.4, 0.5) is 22.7 Å². The molecule has 0 unspecified atom stereocenters. The van der Waals surface area contributed by atoms with Crippen molar-refractivity contribution in [3.05, 3.63) is 108 Å². The summed E-state index contributed by atoms with van der Waals surface area (Å²) in [6.45, 7) is 0. The summed E-state index contributed by atoms with van der Waals surface area (Å²) in [5.74, 6) is 0.499. The van der Waals surface area contributed by atoms with E-state index < -0.39 is 0 Å². The highest BCUT2D eigenvalue weighted by molar-refractivity contribution is 5.65. The van der Waals surface area contributed by atoms with Crippen LogP contribution < -0.4 is 21.3 Å². The van der Waals surface area contributed by atoms with Gasteiger partial charge in [0.25, 0.3) is 0 Å². The molecule has 0 amide bonds. The Morgan fingerprint density at radius 1 is 0.412 bits per heavy atom. The van der Waals surface area contributed by atoms with Crippen LogP contribution in [0.25, 0.3) is 0 Å². The molecule has 3 aromatic carbocycles. The monoisotopic (exact) mass is 442 g/mol. The Morgan fingerprint density at radius 3 is 0.941 bits per heavy atom. The molecular weight excluding hydrogens is 424 g/mol. The summed E-state index contributed by atoms with van der Waals surface area (Å²) in [7, 11) is 0. The quantitative estimate of drug-likeness (QED) is 0.346. The number of nitriles is 4. The second-order valence-electron chi connectivity index (χ2n) is 6.76. The van der Waals surface area contributed by atoms with Crippen molar-refractivity contribution >= 4 is 22.7 Å². The van der Waals surface area contributed by atoms with E-state index in [1.54, 1.807) is 24.3 Å². The first-order chi connectivity index (χ1) is 16.7. The van der Waals surface area contributed by atoms with Crippen LogP contribution in [0.3, 0.4) is 0 Å². The van der Waals surface area contributed by atoms with Crippen molar-refractivity contribution in [1.82, 2.24) is 0 Å². The lowest BCUT2D eigenvalue weighted by Gasteiger charge is -2.16. The predicted molar refractivity (Wildman–Crippen MR) is 130 cm³/mol. The lowest BCUT2D eigenvalue weighted by atomic mass is 10.2. The zero-order valence-electron chi connectivity index (χ0n) is 17.9. The average Bonchev–Trinajstić information content (AvgIpc) is 2.88. The highest BCUT2D eigenvalue weighted by atomic mass is 15.1. The first-order valence-corrected chi connectivity index (χ1v) is 10.0. The molecule has 3 rings (SSSR count). The number of hydrogen-bond acceptors (Lipinski definition) is 8. The minimum absolute atomic E-state index is 0.101. The number of anilines is 4. The van der Waals surface area contributed by atoms with Crippen LogP contribution >= 0.6 is 0 Å². The maximum Gasteiger partial charge on any atom is 0.170 e. The standard InChI is InChI=1S/C26H18N8/c27-15-19(16-28)25(31-21-7-3-1-4-8-21)33-23-11-13-24(14-12-23)34-26(20(17-29)18-30)32-22-9-5-2-6-10-22/h1-14,31-34H. The van der Waals surface area contributed by atoms with E-state index in [9.17, 15) is 21.0 Å². The van der Waals surface area contributed by atoms with Gasteiger partial charge in [0.2, 0.25) is 0 Å². The Morgan fingerprint density at radius 2 is 0.676 bits per heavy atom. The largest absolute Gasteiger partial charge is 0.340 e. The molecule has 0 bridgehead atoms. The van der Waals surface area contributed by atoms with Crippen LogP contribution in [-0.4, -0.2) is 0 Å². The zero-order chi connectivity index (χ0) is 24.2. The highest BCUT2D eigenvalue weighted by Crippen LogP contribution is 2.21. The van der Waals surface area contributed by atoms with Gasteiger partial charge in [-0.15, -0.1) is 0 Å². The molecule has 0 atom stereocenters. The molecule has 0 aliphatic carbocycles. The molecule has 0 aliphatic rings. The molecule has 0 aliphatic heterocycles. The molecule has 4 N–H and O–H groups in total. The molecule has 3 aromatic rings. The molecule has 0 fully saturated rings. The van der Waals surface area contributed by atoms with Gasteiger partial charge in [-0.3, -0.25) is 0 Å². The Labute approximate surface area is 197 Å². The van der Waals surface area contributed by atoms with Gasteiger partial charge in [-0.2, -0.15) is 21.0 Å². The molecule has 162 valence electrons. The van der Waals surface area contributed by atoms with Gasteiger partial charge in [-0.05, 0) is 48.5 Å². The van der Waals surface area contributed by atoms with Crippen LogP contribution in [0, 0.1) is 45.3 Å². The first kappa shape index (κ1) is 23.0. The van der Waals surface area contributed by atoms with E-state index in [1.807, 2.05) is 84.9 Å². The van der Waals surface area contributed by atoms with E-state index in [-0.39, 0.29) is 22.8 Å². The SMILES string of the molecule is N#CC(C#N)=C(Nc1ccccc1)Nc1ccc(NC(Nc2ccccc2)=C(C#N)C#N)cc1. The summed E-state index contributed by atoms with van der Waals surface area (Å²) in [4.78, 5) is 0. The first-order valence-electron chi connectivity index (χ1n) is 10.0. The van der Waals surface area contributed by atoms with Crippen molar-refractivity contribution in [3.63, 3.8) is 0 Å². The van der Waals surface area contributed by atoms with Crippen molar-refractivity contribution < 1.29 is 0 Å². The number of benzene rings is 3. The highest BCUT2D eigenvalue weighted by Gasteiger charge is 2.10. The number of allylic oxidation sites excluding steroid dienone is 2. The summed E-state index contributed by atoms with van der Waals surface area (Å²) < 4.78 is 0. The minimum Gasteiger partial charge on any atom is -0.340 e. The number of nitrogens with one attached hydrogen (secondary N) is 4. The Bertz CT molecular complexity index is 1220. The van der Waals surface area contributed by atoms with Crippen LogP contribution in [0.5, 0.6) is 0 Å². The van der Waals surface area contributed by atoms with Crippen LogP contribution in [0.1, 0.15) is 0 Å². The van der Waals surface area contributed by atoms with Crippen LogP contribution in [0.15, 0.2) is 108 Å². The summed E-state index contributed by atoms with van der Waals surface area (Å²) in [6.07, 6.45) is 0. The second kappa shape index (κ2) is 11.6. The number of rotatable bonds is 8. The van der Waals surface area contributed by atoms with Crippen molar-refractivity contribution in [2.24, 2.45) is 0 Å². The van der Waals surface area contributed by atoms with Crippen molar-refractivity contribution in [3.8, 4) is 24.3 Å². The Kier molecular flexibility index (Phi) is 7.86. The van der Waals surface area contributed by atoms with Gasteiger partial charge in [-0.1, -0.05) is 36.4 Å². The molecule has 34 heavy (non-hydrogen) atoms. The minimum atomic E-state index is -0.101. The number of nitrogens with zero attached hydrogens (tertiary/aromatic N) is 4. The third kappa shape index (κ3) is 6.15. The van der Waals surface area contributed by atoms with E-state index in [0.29, 0.717) is 22.7 Å². The Hall–Kier alpha value is -5.70. The lowest BCUT2D eigenvalue weighted by Crippen LogP contribution is -2.13. The van der Waals surface area contributed by atoms with Crippen molar-refractivity contribution in [2.75, 3.05) is 21.3 Å². The summed E-state index contributed by atoms with van der Waals surface area (Å²) in [6, 6.07) is 32.8. The maximum absolute atomic E-state index is 9.33. The van der Waals surface area contributed by atoms with Crippen LogP contribution in [0.2, 0.25) is 0 Å². The predicted octanol–water partition coefficient (Wildman–Crippen LogP) is 5.25. The molecule has 0 spiro atoms. The van der Waals surface area contributed by atoms with Gasteiger partial charge in [0.05, 0.1) is 0 Å². The van der Waals surface area contributed by atoms with Crippen molar-refractivity contribution in [2.45, 2.75) is 0 Å². The Balaban J connectivity index is 1.81. The normalized spacial score (nSPS) is 9.06. The topological polar surface area (TPSA) is 143 Å². The molecular formula is C26H18N8. The van der Waals surface area contributed by atoms with E-state index in [0.717, 1.165) is 0 Å². The smallest absolute Gasteiger partial charge is 0.170 e. The molecule has 0 saturated heterocycles. The molecule has 8 heteroatoms. The fraction of sp³-hybridized carbons (Fsp3) is 0. The van der Waals surface area contributed by atoms with E-state index in [1.165, 1.54) is 0 Å². The van der Waals surface area contributed by atoms with Gasteiger partial charge < -0.3 is 21.3 Å². The van der Waals surface area contributed by atoms with Gasteiger partial charge in [0.1, 0.15) is 35.9 Å². The second-order valence-corrected chi connectivity index (χ2v) is 6.76. The summed E-state index contributed by atoms with van der Waals surface area (Å²) in [5.41, 5.74) is 2.47. The third-order valence-electron chi connectivity index (χ3n) is 4.46. The number of hydrogen-bond donors (Lipinski definition) is 4. The van der Waals surface area contributed by atoms with E-state index >= 15 is 0 Å². The molecule has 0 heterocycles. The van der Waals surface area contributed by atoms with Gasteiger partial charge in [-0.25, -0.2) is 0 Å². The van der Waals surface area contributed by atoms with Crippen LogP contribution in [-0.2, 0) is 0 Å². The van der Waals surface area contributed by atoms with Gasteiger partial charge >= 0.3 is 0 Å². The zero-order valence-corrected chi connectivity index (χ0v) is 17.9. The fourth-order valence-corrected chi connectivity index (χ4v) is 2.84. The molecule has 8 nitrogen and oxygen atoms in total.